The number of carbonyl (C=O) groups is 1. The van der Waals surface area contributed by atoms with E-state index in [2.05, 4.69) is 0 Å². The van der Waals surface area contributed by atoms with E-state index in [1.807, 2.05) is 25.1 Å². The molecule has 3 rings (SSSR count). The molecule has 0 bridgehead atoms. The molecule has 19 heavy (non-hydrogen) atoms. The second-order valence-electron chi connectivity index (χ2n) is 5.53. The lowest BCUT2D eigenvalue weighted by atomic mass is 9.75. The van der Waals surface area contributed by atoms with E-state index >= 15 is 0 Å². The van der Waals surface area contributed by atoms with Gasteiger partial charge in [-0.25, -0.2) is 0 Å². The van der Waals surface area contributed by atoms with Crippen molar-refractivity contribution in [3.8, 4) is 5.75 Å². The highest BCUT2D eigenvalue weighted by molar-refractivity contribution is 6.12. The van der Waals surface area contributed by atoms with Crippen LogP contribution in [0.25, 0.3) is 0 Å². The van der Waals surface area contributed by atoms with Crippen molar-refractivity contribution >= 4 is 5.78 Å². The Hall–Kier alpha value is -1.77. The van der Waals surface area contributed by atoms with E-state index < -0.39 is 5.60 Å². The first-order chi connectivity index (χ1) is 9.16. The van der Waals surface area contributed by atoms with Crippen LogP contribution in [0.4, 0.5) is 0 Å². The molecule has 3 nitrogen and oxygen atoms in total. The molecule has 1 aromatic carbocycles. The molecular weight excluding hydrogens is 240 g/mol. The summed E-state index contributed by atoms with van der Waals surface area (Å²) < 4.78 is 6.14. The average molecular weight is 258 g/mol. The van der Waals surface area contributed by atoms with Crippen molar-refractivity contribution in [2.45, 2.75) is 44.6 Å². The summed E-state index contributed by atoms with van der Waals surface area (Å²) in [5, 5.41) is 9.51. The minimum atomic E-state index is -0.605. The molecule has 0 saturated heterocycles. The number of aliphatic hydroxyl groups excluding tert-OH is 1. The van der Waals surface area contributed by atoms with Crippen LogP contribution in [0, 0.1) is 6.92 Å². The van der Waals surface area contributed by atoms with Crippen LogP contribution in [-0.2, 0) is 0 Å². The molecule has 0 aromatic heterocycles. The second-order valence-corrected chi connectivity index (χ2v) is 5.53. The number of aryl methyl sites for hydroxylation is 1. The van der Waals surface area contributed by atoms with Gasteiger partial charge in [-0.15, -0.1) is 0 Å². The summed E-state index contributed by atoms with van der Waals surface area (Å²) in [5.41, 5.74) is 1.40. The minimum Gasteiger partial charge on any atom is -0.515 e. The highest BCUT2D eigenvalue weighted by Crippen LogP contribution is 2.44. The highest BCUT2D eigenvalue weighted by atomic mass is 16.5. The fourth-order valence-electron chi connectivity index (χ4n) is 3.20. The SMILES string of the molecule is Cc1ccc2c(c1)C(=O)/C(=C/O)C1(CCCCC1)O2. The zero-order chi connectivity index (χ0) is 13.5. The fourth-order valence-corrected chi connectivity index (χ4v) is 3.20. The number of carbonyl (C=O) groups excluding carboxylic acids is 1. The van der Waals surface area contributed by atoms with Gasteiger partial charge in [0.1, 0.15) is 11.4 Å². The molecule has 100 valence electrons. The largest absolute Gasteiger partial charge is 0.515 e. The maximum absolute atomic E-state index is 12.6. The quantitative estimate of drug-likeness (QED) is 0.570. The highest BCUT2D eigenvalue weighted by Gasteiger charge is 2.46. The summed E-state index contributed by atoms with van der Waals surface area (Å²) in [7, 11) is 0. The summed E-state index contributed by atoms with van der Waals surface area (Å²) in [4.78, 5) is 12.6. The molecule has 0 amide bonds. The summed E-state index contributed by atoms with van der Waals surface area (Å²) in [6, 6.07) is 5.65. The molecule has 1 aliphatic carbocycles. The van der Waals surface area contributed by atoms with Crippen LogP contribution in [0.2, 0.25) is 0 Å². The van der Waals surface area contributed by atoms with E-state index in [0.717, 1.165) is 37.5 Å². The van der Waals surface area contributed by atoms with Gasteiger partial charge in [0.25, 0.3) is 0 Å². The molecule has 1 aliphatic heterocycles. The average Bonchev–Trinajstić information content (AvgIpc) is 2.41. The predicted molar refractivity (Wildman–Crippen MR) is 72.7 cm³/mol. The van der Waals surface area contributed by atoms with Crippen LogP contribution in [0.15, 0.2) is 30.0 Å². The van der Waals surface area contributed by atoms with Crippen LogP contribution in [0.1, 0.15) is 48.0 Å². The molecule has 1 spiro atoms. The molecule has 2 aliphatic rings. The van der Waals surface area contributed by atoms with Crippen LogP contribution in [-0.4, -0.2) is 16.5 Å². The lowest BCUT2D eigenvalue weighted by molar-refractivity contribution is 0.0468. The minimum absolute atomic E-state index is 0.0886. The molecule has 1 saturated carbocycles. The first-order valence-electron chi connectivity index (χ1n) is 6.85. The Kier molecular flexibility index (Phi) is 2.85. The van der Waals surface area contributed by atoms with Gasteiger partial charge in [0.15, 0.2) is 5.78 Å². The van der Waals surface area contributed by atoms with E-state index in [1.165, 1.54) is 6.42 Å². The lowest BCUT2D eigenvalue weighted by Gasteiger charge is -2.42. The Morgan fingerprint density at radius 2 is 2.00 bits per heavy atom. The second kappa shape index (κ2) is 4.41. The van der Waals surface area contributed by atoms with Crippen LogP contribution in [0.5, 0.6) is 5.75 Å². The van der Waals surface area contributed by atoms with Gasteiger partial charge in [-0.3, -0.25) is 4.79 Å². The number of hydrogen-bond acceptors (Lipinski definition) is 3. The van der Waals surface area contributed by atoms with Gasteiger partial charge >= 0.3 is 0 Å². The van der Waals surface area contributed by atoms with Crippen LogP contribution in [0.3, 0.4) is 0 Å². The molecule has 0 radical (unpaired) electrons. The summed E-state index contributed by atoms with van der Waals surface area (Å²) in [6.07, 6.45) is 5.80. The van der Waals surface area contributed by atoms with Gasteiger partial charge in [-0.2, -0.15) is 0 Å². The molecule has 3 heteroatoms. The molecule has 0 atom stereocenters. The molecule has 1 fully saturated rings. The van der Waals surface area contributed by atoms with Crippen molar-refractivity contribution in [1.82, 2.24) is 0 Å². The fraction of sp³-hybridized carbons (Fsp3) is 0.438. The molecule has 1 aromatic rings. The van der Waals surface area contributed by atoms with Gasteiger partial charge in [0.05, 0.1) is 17.4 Å². The number of ketones is 1. The van der Waals surface area contributed by atoms with E-state index in [-0.39, 0.29) is 5.78 Å². The smallest absolute Gasteiger partial charge is 0.199 e. The normalized spacial score (nSPS) is 23.2. The Bertz CT molecular complexity index is 551. The number of ether oxygens (including phenoxy) is 1. The Morgan fingerprint density at radius 1 is 1.26 bits per heavy atom. The topological polar surface area (TPSA) is 46.5 Å². The van der Waals surface area contributed by atoms with Gasteiger partial charge in [0, 0.05) is 0 Å². The van der Waals surface area contributed by atoms with E-state index in [9.17, 15) is 9.90 Å². The predicted octanol–water partition coefficient (Wildman–Crippen LogP) is 3.71. The summed E-state index contributed by atoms with van der Waals surface area (Å²) in [6.45, 7) is 1.95. The van der Waals surface area contributed by atoms with Crippen molar-refractivity contribution in [3.63, 3.8) is 0 Å². The van der Waals surface area contributed by atoms with Crippen molar-refractivity contribution in [1.29, 1.82) is 0 Å². The number of fused-ring (bicyclic) bond motifs is 1. The maximum Gasteiger partial charge on any atom is 0.199 e. The summed E-state index contributed by atoms with van der Waals surface area (Å²) in [5.74, 6) is 0.567. The zero-order valence-corrected chi connectivity index (χ0v) is 11.1. The first-order valence-corrected chi connectivity index (χ1v) is 6.85. The number of rotatable bonds is 0. The molecule has 0 unspecified atom stereocenters. The molecule has 1 heterocycles. The van der Waals surface area contributed by atoms with E-state index in [1.54, 1.807) is 0 Å². The Balaban J connectivity index is 2.11. The Morgan fingerprint density at radius 3 is 2.68 bits per heavy atom. The van der Waals surface area contributed by atoms with Crippen molar-refractivity contribution in [2.75, 3.05) is 0 Å². The van der Waals surface area contributed by atoms with Gasteiger partial charge in [-0.1, -0.05) is 18.1 Å². The number of Topliss-reactive ketones (excluding diaryl/α,β-unsaturated/α-hetero) is 1. The van der Waals surface area contributed by atoms with Crippen molar-refractivity contribution < 1.29 is 14.6 Å². The lowest BCUT2D eigenvalue weighted by Crippen LogP contribution is -2.46. The molecule has 1 N–H and O–H groups in total. The van der Waals surface area contributed by atoms with E-state index in [4.69, 9.17) is 4.74 Å². The standard InChI is InChI=1S/C16H18O3/c1-11-5-6-14-12(9-11)15(18)13(10-17)16(19-14)7-3-2-4-8-16/h5-6,9-10,17H,2-4,7-8H2,1H3/b13-10-. The maximum atomic E-state index is 12.6. The van der Waals surface area contributed by atoms with Crippen molar-refractivity contribution in [2.24, 2.45) is 0 Å². The Labute approximate surface area is 112 Å². The van der Waals surface area contributed by atoms with E-state index in [0.29, 0.717) is 16.9 Å². The number of aliphatic hydroxyl groups is 1. The summed E-state index contributed by atoms with van der Waals surface area (Å²) >= 11 is 0. The van der Waals surface area contributed by atoms with Gasteiger partial charge in [-0.05, 0) is 44.7 Å². The van der Waals surface area contributed by atoms with Gasteiger partial charge in [0.2, 0.25) is 0 Å². The number of hydrogen-bond donors (Lipinski definition) is 1. The van der Waals surface area contributed by atoms with Gasteiger partial charge < -0.3 is 9.84 Å². The third kappa shape index (κ3) is 1.84. The third-order valence-electron chi connectivity index (χ3n) is 4.21. The van der Waals surface area contributed by atoms with Crippen LogP contribution >= 0.6 is 0 Å². The molecular formula is C16H18O3. The van der Waals surface area contributed by atoms with Crippen molar-refractivity contribution in [3.05, 3.63) is 41.2 Å². The zero-order valence-electron chi connectivity index (χ0n) is 11.1. The third-order valence-corrected chi connectivity index (χ3v) is 4.21. The number of benzene rings is 1. The monoisotopic (exact) mass is 258 g/mol. The van der Waals surface area contributed by atoms with Crippen LogP contribution < -0.4 is 4.74 Å². The first kappa shape index (κ1) is 12.3.